The van der Waals surface area contributed by atoms with Crippen LogP contribution in [0.2, 0.25) is 0 Å². The fraction of sp³-hybridized carbons (Fsp3) is 0.583. The summed E-state index contributed by atoms with van der Waals surface area (Å²) in [4.78, 5) is 6.82. The molecule has 18 heavy (non-hydrogen) atoms. The number of aliphatic imine (C=N–C) groups is 1. The number of hydrogen-bond acceptors (Lipinski definition) is 3. The van der Waals surface area contributed by atoms with Crippen LogP contribution in [-0.2, 0) is 11.3 Å². The molecule has 1 heterocycles. The Hall–Kier alpha value is -0.340. The molecule has 1 aromatic rings. The van der Waals surface area contributed by atoms with Gasteiger partial charge in [0.2, 0.25) is 0 Å². The highest BCUT2D eigenvalue weighted by Gasteiger charge is 2.04. The van der Waals surface area contributed by atoms with Gasteiger partial charge in [0.05, 0.1) is 13.2 Å². The van der Waals surface area contributed by atoms with Crippen LogP contribution in [0.5, 0.6) is 0 Å². The molecule has 4 nitrogen and oxygen atoms in total. The zero-order valence-corrected chi connectivity index (χ0v) is 14.5. The van der Waals surface area contributed by atoms with Crippen LogP contribution in [0, 0.1) is 6.92 Å². The maximum absolute atomic E-state index is 5.07. The maximum atomic E-state index is 5.07. The van der Waals surface area contributed by atoms with Gasteiger partial charge in [0, 0.05) is 30.0 Å². The maximum Gasteiger partial charge on any atom is 0.191 e. The fourth-order valence-corrected chi connectivity index (χ4v) is 2.30. The predicted octanol–water partition coefficient (Wildman–Crippen LogP) is 2.37. The molecule has 104 valence electrons. The highest BCUT2D eigenvalue weighted by atomic mass is 127. The molecule has 1 rings (SSSR count). The Labute approximate surface area is 130 Å². The van der Waals surface area contributed by atoms with Gasteiger partial charge in [0.25, 0.3) is 0 Å². The van der Waals surface area contributed by atoms with E-state index >= 15 is 0 Å². The third-order valence-corrected chi connectivity index (χ3v) is 3.25. The average molecular weight is 383 g/mol. The summed E-state index contributed by atoms with van der Waals surface area (Å²) in [6, 6.07) is 4.51. The lowest BCUT2D eigenvalue weighted by Gasteiger charge is -2.16. The Morgan fingerprint density at radius 2 is 2.22 bits per heavy atom. The van der Waals surface area contributed by atoms with E-state index in [9.17, 15) is 0 Å². The minimum Gasteiger partial charge on any atom is -0.383 e. The van der Waals surface area contributed by atoms with Crippen molar-refractivity contribution in [1.82, 2.24) is 10.6 Å². The van der Waals surface area contributed by atoms with E-state index in [0.29, 0.717) is 6.61 Å². The molecule has 0 fully saturated rings. The van der Waals surface area contributed by atoms with E-state index in [-0.39, 0.29) is 30.0 Å². The van der Waals surface area contributed by atoms with Crippen molar-refractivity contribution in [3.8, 4) is 0 Å². The first-order valence-electron chi connectivity index (χ1n) is 5.67. The molecule has 0 saturated heterocycles. The molecule has 0 spiro atoms. The van der Waals surface area contributed by atoms with Gasteiger partial charge in [-0.25, -0.2) is 0 Å². The topological polar surface area (TPSA) is 45.7 Å². The molecule has 0 bridgehead atoms. The summed E-state index contributed by atoms with van der Waals surface area (Å²) in [5, 5.41) is 6.55. The second kappa shape index (κ2) is 9.57. The SMILES string of the molecule is CN=C(NCc1ccc(C)s1)NC(C)COC.I. The average Bonchev–Trinajstić information content (AvgIpc) is 2.70. The molecule has 2 N–H and O–H groups in total. The van der Waals surface area contributed by atoms with E-state index in [1.54, 1.807) is 25.5 Å². The van der Waals surface area contributed by atoms with Gasteiger partial charge >= 0.3 is 0 Å². The van der Waals surface area contributed by atoms with Crippen LogP contribution in [0.3, 0.4) is 0 Å². The van der Waals surface area contributed by atoms with Gasteiger partial charge in [-0.1, -0.05) is 0 Å². The lowest BCUT2D eigenvalue weighted by molar-refractivity contribution is 0.179. The summed E-state index contributed by atoms with van der Waals surface area (Å²) >= 11 is 1.80. The normalized spacial score (nSPS) is 12.8. The number of methoxy groups -OCH3 is 1. The van der Waals surface area contributed by atoms with Crippen LogP contribution >= 0.6 is 35.3 Å². The Kier molecular flexibility index (Phi) is 9.39. The van der Waals surface area contributed by atoms with Crippen molar-refractivity contribution in [1.29, 1.82) is 0 Å². The molecule has 6 heteroatoms. The lowest BCUT2D eigenvalue weighted by atomic mass is 10.4. The van der Waals surface area contributed by atoms with Crippen molar-refractivity contribution in [2.45, 2.75) is 26.4 Å². The zero-order valence-electron chi connectivity index (χ0n) is 11.3. The largest absolute Gasteiger partial charge is 0.383 e. The number of nitrogens with one attached hydrogen (secondary N) is 2. The van der Waals surface area contributed by atoms with Crippen LogP contribution in [0.15, 0.2) is 17.1 Å². The van der Waals surface area contributed by atoms with Crippen molar-refractivity contribution < 1.29 is 4.74 Å². The van der Waals surface area contributed by atoms with E-state index in [0.717, 1.165) is 12.5 Å². The van der Waals surface area contributed by atoms with Crippen molar-refractivity contribution in [2.24, 2.45) is 4.99 Å². The molecule has 0 aromatic carbocycles. The monoisotopic (exact) mass is 383 g/mol. The summed E-state index contributed by atoms with van der Waals surface area (Å²) in [7, 11) is 3.47. The standard InChI is InChI=1S/C12H21N3OS.HI/c1-9(8-16-4)15-12(13-3)14-7-11-6-5-10(2)17-11;/h5-6,9H,7-8H2,1-4H3,(H2,13,14,15);1H. The van der Waals surface area contributed by atoms with Crippen molar-refractivity contribution in [2.75, 3.05) is 20.8 Å². The van der Waals surface area contributed by atoms with E-state index in [2.05, 4.69) is 41.6 Å². The number of rotatable bonds is 5. The predicted molar refractivity (Wildman–Crippen MR) is 89.1 cm³/mol. The van der Waals surface area contributed by atoms with E-state index in [1.165, 1.54) is 9.75 Å². The number of aryl methyl sites for hydroxylation is 1. The first-order valence-corrected chi connectivity index (χ1v) is 6.48. The number of thiophene rings is 1. The van der Waals surface area contributed by atoms with Crippen molar-refractivity contribution in [3.05, 3.63) is 21.9 Å². The van der Waals surface area contributed by atoms with Gasteiger partial charge in [-0.3, -0.25) is 4.99 Å². The Morgan fingerprint density at radius 1 is 1.50 bits per heavy atom. The molecular formula is C12H22IN3OS. The van der Waals surface area contributed by atoms with Crippen LogP contribution in [0.4, 0.5) is 0 Å². The van der Waals surface area contributed by atoms with E-state index < -0.39 is 0 Å². The van der Waals surface area contributed by atoms with E-state index in [4.69, 9.17) is 4.74 Å². The number of nitrogens with zero attached hydrogens (tertiary/aromatic N) is 1. The number of ether oxygens (including phenoxy) is 1. The van der Waals surface area contributed by atoms with Gasteiger partial charge in [0.1, 0.15) is 0 Å². The lowest BCUT2D eigenvalue weighted by Crippen LogP contribution is -2.43. The van der Waals surface area contributed by atoms with Gasteiger partial charge in [-0.15, -0.1) is 35.3 Å². The quantitative estimate of drug-likeness (QED) is 0.466. The molecule has 0 aliphatic carbocycles. The zero-order chi connectivity index (χ0) is 12.7. The molecule has 1 unspecified atom stereocenters. The number of hydrogen-bond donors (Lipinski definition) is 2. The summed E-state index contributed by atoms with van der Waals surface area (Å²) in [5.41, 5.74) is 0. The third kappa shape index (κ3) is 6.55. The Morgan fingerprint density at radius 3 is 2.72 bits per heavy atom. The summed E-state index contributed by atoms with van der Waals surface area (Å²) in [6.07, 6.45) is 0. The van der Waals surface area contributed by atoms with Crippen LogP contribution in [0.25, 0.3) is 0 Å². The highest BCUT2D eigenvalue weighted by molar-refractivity contribution is 14.0. The molecule has 0 aliphatic heterocycles. The summed E-state index contributed by atoms with van der Waals surface area (Å²) in [5.74, 6) is 0.806. The first-order chi connectivity index (χ1) is 8.15. The molecule has 0 saturated carbocycles. The van der Waals surface area contributed by atoms with Crippen molar-refractivity contribution >= 4 is 41.3 Å². The second-order valence-corrected chi connectivity index (χ2v) is 5.31. The van der Waals surface area contributed by atoms with E-state index in [1.807, 2.05) is 0 Å². The smallest absolute Gasteiger partial charge is 0.191 e. The van der Waals surface area contributed by atoms with Gasteiger partial charge in [-0.2, -0.15) is 0 Å². The molecule has 0 aliphatic rings. The second-order valence-electron chi connectivity index (χ2n) is 3.94. The molecular weight excluding hydrogens is 361 g/mol. The van der Waals surface area contributed by atoms with Crippen LogP contribution in [0.1, 0.15) is 16.7 Å². The Balaban J connectivity index is 0.00000289. The number of guanidine groups is 1. The minimum absolute atomic E-state index is 0. The van der Waals surface area contributed by atoms with Crippen LogP contribution < -0.4 is 10.6 Å². The summed E-state index contributed by atoms with van der Waals surface area (Å²) < 4.78 is 5.07. The van der Waals surface area contributed by atoms with Gasteiger partial charge in [-0.05, 0) is 26.0 Å². The summed E-state index contributed by atoms with van der Waals surface area (Å²) in [6.45, 7) is 5.64. The Bertz CT molecular complexity index is 368. The molecule has 0 amide bonds. The molecule has 1 aromatic heterocycles. The third-order valence-electron chi connectivity index (χ3n) is 2.25. The first kappa shape index (κ1) is 17.7. The molecule has 1 atom stereocenters. The fourth-order valence-electron chi connectivity index (χ4n) is 1.47. The van der Waals surface area contributed by atoms with Gasteiger partial charge < -0.3 is 15.4 Å². The van der Waals surface area contributed by atoms with Crippen LogP contribution in [-0.4, -0.2) is 32.8 Å². The van der Waals surface area contributed by atoms with Gasteiger partial charge in [0.15, 0.2) is 5.96 Å². The number of halogens is 1. The molecule has 0 radical (unpaired) electrons. The van der Waals surface area contributed by atoms with Crippen molar-refractivity contribution in [3.63, 3.8) is 0 Å². The highest BCUT2D eigenvalue weighted by Crippen LogP contribution is 2.14. The minimum atomic E-state index is 0.